The molecular formula is C11H11NO5. The van der Waals surface area contributed by atoms with Crippen LogP contribution in [0.1, 0.15) is 6.92 Å². The van der Waals surface area contributed by atoms with E-state index >= 15 is 0 Å². The minimum Gasteiger partial charge on any atom is -0.508 e. The van der Waals surface area contributed by atoms with Crippen molar-refractivity contribution in [3.8, 4) is 5.75 Å². The third-order valence-corrected chi connectivity index (χ3v) is 1.68. The topological polar surface area (TPSA) is 95.9 Å². The molecule has 0 unspecified atom stereocenters. The van der Waals surface area contributed by atoms with E-state index in [1.807, 2.05) is 0 Å². The lowest BCUT2D eigenvalue weighted by molar-refractivity contribution is -0.146. The number of nitrogens with one attached hydrogen (secondary N) is 1. The van der Waals surface area contributed by atoms with Crippen molar-refractivity contribution in [1.82, 2.24) is 0 Å². The van der Waals surface area contributed by atoms with Crippen LogP contribution in [0.2, 0.25) is 0 Å². The van der Waals surface area contributed by atoms with E-state index in [0.717, 1.165) is 13.1 Å². The van der Waals surface area contributed by atoms with Crippen LogP contribution in [0.15, 0.2) is 36.2 Å². The quantitative estimate of drug-likeness (QED) is 0.415. The maximum atomic E-state index is 10.7. The lowest BCUT2D eigenvalue weighted by Crippen LogP contribution is -2.10. The minimum atomic E-state index is -1.37. The average Bonchev–Trinajstić information content (AvgIpc) is 2.23. The number of carboxylic acid groups (broad SMARTS) is 1. The van der Waals surface area contributed by atoms with E-state index in [9.17, 15) is 14.7 Å². The number of ether oxygens (including phenoxy) is 1. The maximum Gasteiger partial charge on any atom is 0.373 e. The Hall–Kier alpha value is -2.50. The summed E-state index contributed by atoms with van der Waals surface area (Å²) < 4.78 is 4.46. The molecule has 1 rings (SSSR count). The standard InChI is InChI=1S/C11H11NO5/c1-7(13)17-10(11(15)16)6-12-8-3-2-4-9(14)5-8/h2-6,12,14H,1H3,(H,15,16)/b10-6-. The zero-order valence-electron chi connectivity index (χ0n) is 9.01. The van der Waals surface area contributed by atoms with Gasteiger partial charge in [0.2, 0.25) is 5.76 Å². The molecule has 1 aromatic carbocycles. The van der Waals surface area contributed by atoms with Crippen LogP contribution in [0, 0.1) is 0 Å². The van der Waals surface area contributed by atoms with Crippen molar-refractivity contribution in [3.63, 3.8) is 0 Å². The highest BCUT2D eigenvalue weighted by Crippen LogP contribution is 2.15. The molecule has 0 fully saturated rings. The fourth-order valence-electron chi connectivity index (χ4n) is 1.03. The number of benzene rings is 1. The number of hydrogen-bond donors (Lipinski definition) is 3. The predicted molar refractivity (Wildman–Crippen MR) is 59.2 cm³/mol. The SMILES string of the molecule is CC(=O)O/C(=C\Nc1cccc(O)c1)C(=O)O. The molecule has 0 bridgehead atoms. The van der Waals surface area contributed by atoms with Gasteiger partial charge in [-0.3, -0.25) is 4.79 Å². The van der Waals surface area contributed by atoms with Crippen molar-refractivity contribution in [2.45, 2.75) is 6.92 Å². The number of rotatable bonds is 4. The summed E-state index contributed by atoms with van der Waals surface area (Å²) in [7, 11) is 0. The molecule has 0 aliphatic carbocycles. The molecular weight excluding hydrogens is 226 g/mol. The summed E-state index contributed by atoms with van der Waals surface area (Å²) in [6.45, 7) is 1.10. The van der Waals surface area contributed by atoms with Gasteiger partial charge in [-0.15, -0.1) is 0 Å². The third kappa shape index (κ3) is 4.25. The molecule has 90 valence electrons. The zero-order chi connectivity index (χ0) is 12.8. The van der Waals surface area contributed by atoms with Gasteiger partial charge in [0, 0.05) is 18.7 Å². The first-order valence-electron chi connectivity index (χ1n) is 4.66. The van der Waals surface area contributed by atoms with Gasteiger partial charge in [-0.1, -0.05) is 6.07 Å². The minimum absolute atomic E-state index is 0.0350. The Balaban J connectivity index is 2.79. The van der Waals surface area contributed by atoms with Crippen molar-refractivity contribution < 1.29 is 24.5 Å². The molecule has 1 aromatic rings. The van der Waals surface area contributed by atoms with Crippen LogP contribution in [0.3, 0.4) is 0 Å². The van der Waals surface area contributed by atoms with Crippen molar-refractivity contribution in [3.05, 3.63) is 36.2 Å². The first-order valence-corrected chi connectivity index (χ1v) is 4.66. The number of carbonyl (C=O) groups excluding carboxylic acids is 1. The monoisotopic (exact) mass is 237 g/mol. The largest absolute Gasteiger partial charge is 0.508 e. The number of anilines is 1. The summed E-state index contributed by atoms with van der Waals surface area (Å²) in [5, 5.41) is 20.5. The van der Waals surface area contributed by atoms with E-state index < -0.39 is 17.7 Å². The van der Waals surface area contributed by atoms with Gasteiger partial charge < -0.3 is 20.3 Å². The molecule has 0 radical (unpaired) electrons. The number of esters is 1. The van der Waals surface area contributed by atoms with Gasteiger partial charge in [-0.25, -0.2) is 4.79 Å². The van der Waals surface area contributed by atoms with Crippen LogP contribution >= 0.6 is 0 Å². The van der Waals surface area contributed by atoms with Gasteiger partial charge in [0.15, 0.2) is 0 Å². The average molecular weight is 237 g/mol. The zero-order valence-corrected chi connectivity index (χ0v) is 9.01. The molecule has 6 nitrogen and oxygen atoms in total. The van der Waals surface area contributed by atoms with Gasteiger partial charge in [0.1, 0.15) is 5.75 Å². The Morgan fingerprint density at radius 2 is 2.12 bits per heavy atom. The Morgan fingerprint density at radius 3 is 2.65 bits per heavy atom. The number of carbonyl (C=O) groups is 2. The summed E-state index contributed by atoms with van der Waals surface area (Å²) in [5.41, 5.74) is 0.468. The van der Waals surface area contributed by atoms with Gasteiger partial charge in [0.05, 0.1) is 6.20 Å². The summed E-state index contributed by atoms with van der Waals surface area (Å²) in [6.07, 6.45) is 1.03. The smallest absolute Gasteiger partial charge is 0.373 e. The van der Waals surface area contributed by atoms with E-state index in [-0.39, 0.29) is 5.75 Å². The number of phenols is 1. The van der Waals surface area contributed by atoms with Crippen molar-refractivity contribution in [1.29, 1.82) is 0 Å². The molecule has 0 saturated carbocycles. The fourth-order valence-corrected chi connectivity index (χ4v) is 1.03. The van der Waals surface area contributed by atoms with Crippen molar-refractivity contribution >= 4 is 17.6 Å². The second-order valence-electron chi connectivity index (χ2n) is 3.10. The first-order chi connectivity index (χ1) is 7.99. The Morgan fingerprint density at radius 1 is 1.41 bits per heavy atom. The van der Waals surface area contributed by atoms with Gasteiger partial charge in [0.25, 0.3) is 0 Å². The number of aromatic hydroxyl groups is 1. The van der Waals surface area contributed by atoms with Crippen molar-refractivity contribution in [2.75, 3.05) is 5.32 Å². The van der Waals surface area contributed by atoms with Crippen LogP contribution in [0.5, 0.6) is 5.75 Å². The van der Waals surface area contributed by atoms with Gasteiger partial charge in [-0.2, -0.15) is 0 Å². The second-order valence-corrected chi connectivity index (χ2v) is 3.10. The number of phenolic OH excluding ortho intramolecular Hbond substituents is 1. The molecule has 0 heterocycles. The van der Waals surface area contributed by atoms with E-state index in [4.69, 9.17) is 5.11 Å². The van der Waals surface area contributed by atoms with Crippen LogP contribution < -0.4 is 5.32 Å². The maximum absolute atomic E-state index is 10.7. The Bertz CT molecular complexity index is 467. The molecule has 17 heavy (non-hydrogen) atoms. The molecule has 0 atom stereocenters. The fraction of sp³-hybridized carbons (Fsp3) is 0.0909. The molecule has 0 aromatic heterocycles. The van der Waals surface area contributed by atoms with Crippen molar-refractivity contribution in [2.24, 2.45) is 0 Å². The second kappa shape index (κ2) is 5.55. The van der Waals surface area contributed by atoms with E-state index in [1.54, 1.807) is 12.1 Å². The van der Waals surface area contributed by atoms with Crippen LogP contribution in [0.4, 0.5) is 5.69 Å². The highest BCUT2D eigenvalue weighted by molar-refractivity contribution is 5.88. The number of carboxylic acids is 1. The number of aliphatic carboxylic acids is 1. The summed E-state index contributed by atoms with van der Waals surface area (Å²) >= 11 is 0. The normalized spacial score (nSPS) is 10.8. The van der Waals surface area contributed by atoms with Gasteiger partial charge in [-0.05, 0) is 12.1 Å². The Labute approximate surface area is 97.1 Å². The highest BCUT2D eigenvalue weighted by atomic mass is 16.6. The first kappa shape index (κ1) is 12.6. The molecule has 6 heteroatoms. The lowest BCUT2D eigenvalue weighted by atomic mass is 10.3. The summed E-state index contributed by atoms with van der Waals surface area (Å²) in [5.74, 6) is -2.59. The molecule has 3 N–H and O–H groups in total. The molecule has 0 saturated heterocycles. The molecule has 0 aliphatic rings. The number of hydrogen-bond acceptors (Lipinski definition) is 5. The molecule has 0 amide bonds. The Kier molecular flexibility index (Phi) is 4.10. The van der Waals surface area contributed by atoms with Crippen LogP contribution in [-0.2, 0) is 14.3 Å². The lowest BCUT2D eigenvalue weighted by Gasteiger charge is -2.04. The summed E-state index contributed by atoms with van der Waals surface area (Å²) in [4.78, 5) is 21.3. The van der Waals surface area contributed by atoms with E-state index in [1.165, 1.54) is 12.1 Å². The predicted octanol–water partition coefficient (Wildman–Crippen LogP) is 1.29. The summed E-state index contributed by atoms with van der Waals surface area (Å²) in [6, 6.07) is 6.06. The van der Waals surface area contributed by atoms with Gasteiger partial charge >= 0.3 is 11.9 Å². The van der Waals surface area contributed by atoms with Crippen LogP contribution in [-0.4, -0.2) is 22.2 Å². The van der Waals surface area contributed by atoms with Crippen LogP contribution in [0.25, 0.3) is 0 Å². The molecule has 0 spiro atoms. The van der Waals surface area contributed by atoms with E-state index in [2.05, 4.69) is 10.1 Å². The molecule has 0 aliphatic heterocycles. The van der Waals surface area contributed by atoms with E-state index in [0.29, 0.717) is 5.69 Å². The highest BCUT2D eigenvalue weighted by Gasteiger charge is 2.10. The third-order valence-electron chi connectivity index (χ3n) is 1.68.